The molecule has 0 bridgehead atoms. The van der Waals surface area contributed by atoms with Crippen LogP contribution < -0.4 is 9.80 Å². The van der Waals surface area contributed by atoms with Crippen LogP contribution in [0, 0.1) is 0 Å². The number of alkyl halides is 1. The number of hydrogen-bond acceptors (Lipinski definition) is 6. The lowest BCUT2D eigenvalue weighted by Crippen LogP contribution is -2.54. The van der Waals surface area contributed by atoms with Gasteiger partial charge in [-0.05, 0) is 12.1 Å². The fraction of sp³-hybridized carbons (Fsp3) is 0.421. The number of para-hydroxylation sites is 1. The molecule has 3 heterocycles. The van der Waals surface area contributed by atoms with Gasteiger partial charge in [-0.3, -0.25) is 19.7 Å². The molecule has 2 aromatic rings. The van der Waals surface area contributed by atoms with Gasteiger partial charge in [0.2, 0.25) is 5.91 Å². The van der Waals surface area contributed by atoms with Crippen molar-refractivity contribution in [1.82, 2.24) is 20.0 Å². The van der Waals surface area contributed by atoms with E-state index < -0.39 is 18.6 Å². The summed E-state index contributed by atoms with van der Waals surface area (Å²) in [5.41, 5.74) is 0.718. The molecule has 1 aromatic heterocycles. The molecule has 2 unspecified atom stereocenters. The maximum atomic E-state index is 14.5. The molecule has 0 aliphatic carbocycles. The molecule has 2 aliphatic rings. The molecule has 0 spiro atoms. The molecule has 154 valence electrons. The maximum Gasteiger partial charge on any atom is 0.416 e. The van der Waals surface area contributed by atoms with E-state index in [0.717, 1.165) is 5.69 Å². The molecule has 2 atom stereocenters. The number of hydrogen-bond donors (Lipinski definition) is 1. The fourth-order valence-electron chi connectivity index (χ4n) is 3.54. The number of ether oxygens (including phenoxy) is 1. The zero-order valence-electron chi connectivity index (χ0n) is 16.1. The van der Waals surface area contributed by atoms with E-state index in [9.17, 15) is 14.0 Å². The van der Waals surface area contributed by atoms with Crippen LogP contribution in [0.25, 0.3) is 0 Å². The first kappa shape index (κ1) is 19.2. The highest BCUT2D eigenvalue weighted by Crippen LogP contribution is 2.23. The Balaban J connectivity index is 1.32. The number of carbonyl (C=O) groups excluding carboxylic acids is 2. The number of H-pyrrole nitrogens is 1. The van der Waals surface area contributed by atoms with E-state index in [1.54, 1.807) is 29.1 Å². The summed E-state index contributed by atoms with van der Waals surface area (Å²) < 4.78 is 19.9. The van der Waals surface area contributed by atoms with E-state index in [4.69, 9.17) is 4.74 Å². The van der Waals surface area contributed by atoms with Crippen molar-refractivity contribution in [2.45, 2.75) is 12.5 Å². The van der Waals surface area contributed by atoms with Gasteiger partial charge in [-0.2, -0.15) is 5.10 Å². The number of aromatic nitrogens is 2. The molecule has 0 radical (unpaired) electrons. The third kappa shape index (κ3) is 4.02. The van der Waals surface area contributed by atoms with Crippen molar-refractivity contribution in [2.24, 2.45) is 0 Å². The minimum absolute atomic E-state index is 0.0602. The lowest BCUT2D eigenvalue weighted by atomic mass is 10.2. The molecule has 2 saturated heterocycles. The molecule has 1 aromatic carbocycles. The Kier molecular flexibility index (Phi) is 5.34. The molecule has 29 heavy (non-hydrogen) atoms. The molecule has 10 heteroatoms. The van der Waals surface area contributed by atoms with Crippen LogP contribution in [-0.2, 0) is 9.53 Å². The molecule has 2 aliphatic heterocycles. The lowest BCUT2D eigenvalue weighted by Gasteiger charge is -2.37. The van der Waals surface area contributed by atoms with Crippen molar-refractivity contribution < 1.29 is 18.7 Å². The summed E-state index contributed by atoms with van der Waals surface area (Å²) in [4.78, 5) is 31.1. The zero-order valence-corrected chi connectivity index (χ0v) is 16.1. The van der Waals surface area contributed by atoms with Crippen LogP contribution in [0.2, 0.25) is 0 Å². The number of aromatic amines is 1. The number of piperazine rings is 1. The van der Waals surface area contributed by atoms with Gasteiger partial charge in [0, 0.05) is 44.6 Å². The minimum atomic E-state index is -1.25. The Morgan fingerprint density at radius 1 is 1.28 bits per heavy atom. The quantitative estimate of drug-likeness (QED) is 0.759. The number of nitrogens with zero attached hydrogens (tertiary/aromatic N) is 5. The van der Waals surface area contributed by atoms with E-state index in [0.29, 0.717) is 18.9 Å². The van der Waals surface area contributed by atoms with Crippen molar-refractivity contribution >= 4 is 23.5 Å². The first-order valence-corrected chi connectivity index (χ1v) is 9.44. The second-order valence-electron chi connectivity index (χ2n) is 7.08. The number of amides is 2. The highest BCUT2D eigenvalue weighted by molar-refractivity contribution is 5.90. The monoisotopic (exact) mass is 402 g/mol. The van der Waals surface area contributed by atoms with Gasteiger partial charge in [-0.1, -0.05) is 18.2 Å². The first-order valence-electron chi connectivity index (χ1n) is 9.44. The van der Waals surface area contributed by atoms with E-state index in [1.807, 2.05) is 30.3 Å². The number of cyclic esters (lactones) is 1. The number of nitrogens with one attached hydrogen (secondary N) is 1. The number of carbonyl (C=O) groups is 2. The van der Waals surface area contributed by atoms with Crippen LogP contribution in [-0.4, -0.2) is 84.3 Å². The predicted molar refractivity (Wildman–Crippen MR) is 104 cm³/mol. The van der Waals surface area contributed by atoms with Gasteiger partial charge in [-0.15, -0.1) is 0 Å². The molecule has 9 nitrogen and oxygen atoms in total. The topological polar surface area (TPSA) is 85.0 Å². The smallest absolute Gasteiger partial charge is 0.416 e. The predicted octanol–water partition coefficient (Wildman–Crippen LogP) is 1.27. The molecule has 2 fully saturated rings. The summed E-state index contributed by atoms with van der Waals surface area (Å²) in [5, 5.41) is 6.69. The zero-order chi connectivity index (χ0) is 20.4. The Bertz CT molecular complexity index is 849. The normalized spacial score (nSPS) is 22.6. The van der Waals surface area contributed by atoms with Crippen molar-refractivity contribution in [3.05, 3.63) is 42.6 Å². The SMILES string of the molecule is CN(C(=O)CN1CCN(c2cc[nH]n2)C(F)C1)C1CN(c2ccccc2)C(=O)O1. The van der Waals surface area contributed by atoms with Gasteiger partial charge in [0.25, 0.3) is 0 Å². The number of anilines is 2. The lowest BCUT2D eigenvalue weighted by molar-refractivity contribution is -0.138. The van der Waals surface area contributed by atoms with Crippen molar-refractivity contribution in [1.29, 1.82) is 0 Å². The Morgan fingerprint density at radius 2 is 2.07 bits per heavy atom. The number of halogens is 1. The van der Waals surface area contributed by atoms with Gasteiger partial charge < -0.3 is 14.5 Å². The van der Waals surface area contributed by atoms with Gasteiger partial charge in [0.1, 0.15) is 0 Å². The highest BCUT2D eigenvalue weighted by Gasteiger charge is 2.37. The van der Waals surface area contributed by atoms with Crippen LogP contribution >= 0.6 is 0 Å². The highest BCUT2D eigenvalue weighted by atomic mass is 19.1. The van der Waals surface area contributed by atoms with Crippen molar-refractivity contribution in [2.75, 3.05) is 49.6 Å². The molecule has 2 amide bonds. The van der Waals surface area contributed by atoms with Gasteiger partial charge in [0.15, 0.2) is 18.3 Å². The van der Waals surface area contributed by atoms with Gasteiger partial charge in [0.05, 0.1) is 13.1 Å². The van der Waals surface area contributed by atoms with E-state index in [2.05, 4.69) is 10.2 Å². The van der Waals surface area contributed by atoms with E-state index in [1.165, 1.54) is 9.80 Å². The Hall–Kier alpha value is -3.14. The Morgan fingerprint density at radius 3 is 2.76 bits per heavy atom. The number of likely N-dealkylation sites (N-methyl/N-ethyl adjacent to an activating group) is 1. The van der Waals surface area contributed by atoms with Crippen LogP contribution in [0.3, 0.4) is 0 Å². The third-order valence-electron chi connectivity index (χ3n) is 5.23. The molecule has 0 saturated carbocycles. The summed E-state index contributed by atoms with van der Waals surface area (Å²) >= 11 is 0. The number of rotatable bonds is 5. The summed E-state index contributed by atoms with van der Waals surface area (Å²) in [6.07, 6.45) is -0.767. The van der Waals surface area contributed by atoms with Crippen LogP contribution in [0.5, 0.6) is 0 Å². The minimum Gasteiger partial charge on any atom is -0.423 e. The fourth-order valence-corrected chi connectivity index (χ4v) is 3.54. The van der Waals surface area contributed by atoms with Crippen LogP contribution in [0.15, 0.2) is 42.6 Å². The first-order chi connectivity index (χ1) is 14.0. The number of benzene rings is 1. The molecular weight excluding hydrogens is 379 g/mol. The molecular formula is C19H23FN6O3. The summed E-state index contributed by atoms with van der Waals surface area (Å²) in [7, 11) is 1.60. The summed E-state index contributed by atoms with van der Waals surface area (Å²) in [5.74, 6) is 0.331. The molecule has 1 N–H and O–H groups in total. The van der Waals surface area contributed by atoms with Crippen molar-refractivity contribution in [3.8, 4) is 0 Å². The largest absolute Gasteiger partial charge is 0.423 e. The standard InChI is InChI=1S/C19H23FN6O3/c1-23(18-13-26(19(28)29-18)14-5-3-2-4-6-14)17(27)12-24-9-10-25(15(20)11-24)16-7-8-21-22-16/h2-8,15,18H,9-13H2,1H3,(H,21,22). The Labute approximate surface area is 167 Å². The van der Waals surface area contributed by atoms with Crippen LogP contribution in [0.4, 0.5) is 20.7 Å². The summed E-state index contributed by atoms with van der Waals surface area (Å²) in [6, 6.07) is 10.9. The average Bonchev–Trinajstić information content (AvgIpc) is 3.38. The average molecular weight is 402 g/mol. The van der Waals surface area contributed by atoms with Gasteiger partial charge in [-0.25, -0.2) is 9.18 Å². The second-order valence-corrected chi connectivity index (χ2v) is 7.08. The maximum absolute atomic E-state index is 14.5. The third-order valence-corrected chi connectivity index (χ3v) is 5.23. The summed E-state index contributed by atoms with van der Waals surface area (Å²) in [6.45, 7) is 1.39. The van der Waals surface area contributed by atoms with Crippen molar-refractivity contribution in [3.63, 3.8) is 0 Å². The van der Waals surface area contributed by atoms with E-state index in [-0.39, 0.29) is 25.5 Å². The van der Waals surface area contributed by atoms with Crippen LogP contribution in [0.1, 0.15) is 0 Å². The second kappa shape index (κ2) is 8.08. The van der Waals surface area contributed by atoms with E-state index >= 15 is 0 Å². The van der Waals surface area contributed by atoms with Gasteiger partial charge >= 0.3 is 6.09 Å². The molecule has 4 rings (SSSR count).